The lowest BCUT2D eigenvalue weighted by Crippen LogP contribution is -2.25. The molecule has 15 heavy (non-hydrogen) atoms. The van der Waals surface area contributed by atoms with Crippen molar-refractivity contribution in [3.05, 3.63) is 35.4 Å². The van der Waals surface area contributed by atoms with E-state index in [1.165, 1.54) is 12.8 Å². The number of hydrogen-bond acceptors (Lipinski definition) is 2. The fraction of sp³-hybridized carbons (Fsp3) is 0.417. The molecule has 1 amide bonds. The van der Waals surface area contributed by atoms with Crippen molar-refractivity contribution in [1.82, 2.24) is 5.32 Å². The van der Waals surface area contributed by atoms with Crippen molar-refractivity contribution in [1.29, 1.82) is 0 Å². The molecule has 0 aromatic heterocycles. The van der Waals surface area contributed by atoms with Gasteiger partial charge in [-0.05, 0) is 37.4 Å². The highest BCUT2D eigenvalue weighted by atomic mass is 16.1. The smallest absolute Gasteiger partial charge is 0.248 e. The number of nitrogens with two attached hydrogens (primary N) is 1. The van der Waals surface area contributed by atoms with Crippen molar-refractivity contribution >= 4 is 5.91 Å². The Bertz CT molecular complexity index is 356. The summed E-state index contributed by atoms with van der Waals surface area (Å²) < 4.78 is 0. The van der Waals surface area contributed by atoms with E-state index in [4.69, 9.17) is 5.73 Å². The van der Waals surface area contributed by atoms with E-state index in [0.717, 1.165) is 18.5 Å². The number of amides is 1. The largest absolute Gasteiger partial charge is 0.366 e. The monoisotopic (exact) mass is 204 g/mol. The molecule has 1 saturated heterocycles. The van der Waals surface area contributed by atoms with Gasteiger partial charge in [0, 0.05) is 11.6 Å². The molecule has 3 heteroatoms. The van der Waals surface area contributed by atoms with Gasteiger partial charge in [0.15, 0.2) is 0 Å². The van der Waals surface area contributed by atoms with E-state index in [2.05, 4.69) is 5.32 Å². The Morgan fingerprint density at radius 2 is 2.27 bits per heavy atom. The summed E-state index contributed by atoms with van der Waals surface area (Å²) in [5.74, 6) is -0.330. The van der Waals surface area contributed by atoms with Gasteiger partial charge in [0.05, 0.1) is 0 Å². The molecular formula is C12H16N2O. The summed E-state index contributed by atoms with van der Waals surface area (Å²) in [5.41, 5.74) is 7.05. The van der Waals surface area contributed by atoms with Gasteiger partial charge in [-0.1, -0.05) is 18.2 Å². The van der Waals surface area contributed by atoms with Crippen LogP contribution in [0.5, 0.6) is 0 Å². The lowest BCUT2D eigenvalue weighted by molar-refractivity contribution is 0.0999. The fourth-order valence-corrected chi connectivity index (χ4v) is 2.14. The lowest BCUT2D eigenvalue weighted by atomic mass is 9.99. The standard InChI is InChI=1S/C12H16N2O/c13-12(15)11-6-2-1-4-9(11)8-10-5-3-7-14-10/h1-2,4,6,10,14H,3,5,7-8H2,(H2,13,15)/t10-/m0/s1. The summed E-state index contributed by atoms with van der Waals surface area (Å²) in [6.07, 6.45) is 3.32. The van der Waals surface area contributed by atoms with Crippen LogP contribution in [0.25, 0.3) is 0 Å². The molecule has 0 aliphatic carbocycles. The van der Waals surface area contributed by atoms with Crippen LogP contribution >= 0.6 is 0 Å². The predicted octanol–water partition coefficient (Wildman–Crippen LogP) is 1.08. The van der Waals surface area contributed by atoms with Gasteiger partial charge >= 0.3 is 0 Å². The molecule has 80 valence electrons. The Morgan fingerprint density at radius 3 is 2.93 bits per heavy atom. The fourth-order valence-electron chi connectivity index (χ4n) is 2.14. The number of rotatable bonds is 3. The van der Waals surface area contributed by atoms with Crippen LogP contribution in [0.1, 0.15) is 28.8 Å². The van der Waals surface area contributed by atoms with Gasteiger partial charge in [-0.2, -0.15) is 0 Å². The zero-order valence-corrected chi connectivity index (χ0v) is 8.70. The van der Waals surface area contributed by atoms with E-state index in [-0.39, 0.29) is 5.91 Å². The molecule has 2 rings (SSSR count). The van der Waals surface area contributed by atoms with Crippen LogP contribution < -0.4 is 11.1 Å². The van der Waals surface area contributed by atoms with Crippen molar-refractivity contribution in [2.45, 2.75) is 25.3 Å². The SMILES string of the molecule is NC(=O)c1ccccc1C[C@@H]1CCCN1. The first-order valence-electron chi connectivity index (χ1n) is 5.38. The topological polar surface area (TPSA) is 55.1 Å². The van der Waals surface area contributed by atoms with Crippen molar-refractivity contribution in [3.8, 4) is 0 Å². The Balaban J connectivity index is 2.15. The van der Waals surface area contributed by atoms with Crippen LogP contribution in [-0.4, -0.2) is 18.5 Å². The molecule has 1 aromatic carbocycles. The second-order valence-electron chi connectivity index (χ2n) is 4.02. The van der Waals surface area contributed by atoms with Crippen LogP contribution in [0.4, 0.5) is 0 Å². The van der Waals surface area contributed by atoms with Crippen molar-refractivity contribution in [2.24, 2.45) is 5.73 Å². The van der Waals surface area contributed by atoms with E-state index >= 15 is 0 Å². The van der Waals surface area contributed by atoms with Gasteiger partial charge in [-0.15, -0.1) is 0 Å². The van der Waals surface area contributed by atoms with Crippen molar-refractivity contribution in [2.75, 3.05) is 6.54 Å². The molecule has 1 aromatic rings. The summed E-state index contributed by atoms with van der Waals surface area (Å²) >= 11 is 0. The molecule has 1 aliphatic rings. The van der Waals surface area contributed by atoms with E-state index in [1.807, 2.05) is 18.2 Å². The molecule has 1 fully saturated rings. The van der Waals surface area contributed by atoms with Crippen molar-refractivity contribution in [3.63, 3.8) is 0 Å². The molecule has 0 saturated carbocycles. The molecule has 3 N–H and O–H groups in total. The Hall–Kier alpha value is -1.35. The first-order chi connectivity index (χ1) is 7.27. The van der Waals surface area contributed by atoms with E-state index < -0.39 is 0 Å². The zero-order chi connectivity index (χ0) is 10.7. The number of carbonyl (C=O) groups excluding carboxylic acids is 1. The van der Waals surface area contributed by atoms with E-state index in [1.54, 1.807) is 6.07 Å². The molecule has 1 aliphatic heterocycles. The number of carbonyl (C=O) groups is 1. The minimum atomic E-state index is -0.330. The van der Waals surface area contributed by atoms with Crippen LogP contribution in [-0.2, 0) is 6.42 Å². The first-order valence-corrected chi connectivity index (χ1v) is 5.38. The summed E-state index contributed by atoms with van der Waals surface area (Å²) in [6, 6.07) is 8.10. The number of nitrogens with one attached hydrogen (secondary N) is 1. The summed E-state index contributed by atoms with van der Waals surface area (Å²) in [5, 5.41) is 3.42. The van der Waals surface area contributed by atoms with Gasteiger partial charge in [0.1, 0.15) is 0 Å². The lowest BCUT2D eigenvalue weighted by Gasteiger charge is -2.12. The van der Waals surface area contributed by atoms with Gasteiger partial charge in [0.25, 0.3) is 0 Å². The second kappa shape index (κ2) is 4.45. The maximum Gasteiger partial charge on any atom is 0.248 e. The van der Waals surface area contributed by atoms with Gasteiger partial charge in [0.2, 0.25) is 5.91 Å². The molecule has 1 heterocycles. The Labute approximate surface area is 89.7 Å². The van der Waals surface area contributed by atoms with Crippen LogP contribution in [0.2, 0.25) is 0 Å². The quantitative estimate of drug-likeness (QED) is 0.774. The maximum absolute atomic E-state index is 11.2. The first kappa shape index (κ1) is 10.2. The highest BCUT2D eigenvalue weighted by Gasteiger charge is 2.16. The Kier molecular flexibility index (Phi) is 3.02. The molecule has 0 radical (unpaired) electrons. The number of benzene rings is 1. The van der Waals surface area contributed by atoms with Crippen LogP contribution in [0.3, 0.4) is 0 Å². The number of primary amides is 1. The minimum absolute atomic E-state index is 0.330. The average molecular weight is 204 g/mol. The summed E-state index contributed by atoms with van der Waals surface area (Å²) in [6.45, 7) is 1.09. The van der Waals surface area contributed by atoms with Crippen LogP contribution in [0.15, 0.2) is 24.3 Å². The third kappa shape index (κ3) is 2.36. The normalized spacial score (nSPS) is 20.4. The third-order valence-electron chi connectivity index (χ3n) is 2.91. The van der Waals surface area contributed by atoms with Crippen molar-refractivity contribution < 1.29 is 4.79 Å². The third-order valence-corrected chi connectivity index (χ3v) is 2.91. The number of hydrogen-bond donors (Lipinski definition) is 2. The van der Waals surface area contributed by atoms with Gasteiger partial charge in [-0.25, -0.2) is 0 Å². The highest BCUT2D eigenvalue weighted by Crippen LogP contribution is 2.15. The Morgan fingerprint density at radius 1 is 1.47 bits per heavy atom. The molecule has 1 atom stereocenters. The van der Waals surface area contributed by atoms with Gasteiger partial charge < -0.3 is 11.1 Å². The molecular weight excluding hydrogens is 188 g/mol. The molecule has 0 unspecified atom stereocenters. The minimum Gasteiger partial charge on any atom is -0.366 e. The zero-order valence-electron chi connectivity index (χ0n) is 8.70. The highest BCUT2D eigenvalue weighted by molar-refractivity contribution is 5.94. The maximum atomic E-state index is 11.2. The van der Waals surface area contributed by atoms with Crippen LogP contribution in [0, 0.1) is 0 Å². The average Bonchev–Trinajstić information content (AvgIpc) is 2.71. The molecule has 3 nitrogen and oxygen atoms in total. The summed E-state index contributed by atoms with van der Waals surface area (Å²) in [7, 11) is 0. The second-order valence-corrected chi connectivity index (χ2v) is 4.02. The predicted molar refractivity (Wildman–Crippen MR) is 59.7 cm³/mol. The molecule has 0 bridgehead atoms. The van der Waals surface area contributed by atoms with Gasteiger partial charge in [-0.3, -0.25) is 4.79 Å². The summed E-state index contributed by atoms with van der Waals surface area (Å²) in [4.78, 5) is 11.2. The van der Waals surface area contributed by atoms with E-state index in [0.29, 0.717) is 11.6 Å². The molecule has 0 spiro atoms. The van der Waals surface area contributed by atoms with E-state index in [9.17, 15) is 4.79 Å².